The molecule has 1 aliphatic carbocycles. The summed E-state index contributed by atoms with van der Waals surface area (Å²) < 4.78 is 19.4. The van der Waals surface area contributed by atoms with E-state index < -0.39 is 5.82 Å². The minimum absolute atomic E-state index is 0.0632. The number of methoxy groups -OCH3 is 1. The van der Waals surface area contributed by atoms with E-state index in [1.807, 2.05) is 11.8 Å². The van der Waals surface area contributed by atoms with Crippen LogP contribution in [0.4, 0.5) is 4.39 Å². The molecule has 0 radical (unpaired) electrons. The molecule has 2 amide bonds. The van der Waals surface area contributed by atoms with Crippen LogP contribution in [0.2, 0.25) is 5.02 Å². The number of piperidine rings is 1. The Morgan fingerprint density at radius 3 is 2.86 bits per heavy atom. The van der Waals surface area contributed by atoms with E-state index >= 15 is 0 Å². The van der Waals surface area contributed by atoms with Crippen molar-refractivity contribution in [2.24, 2.45) is 5.92 Å². The zero-order chi connectivity index (χ0) is 25.4. The van der Waals surface area contributed by atoms with Gasteiger partial charge in [-0.1, -0.05) is 11.6 Å². The maximum atomic E-state index is 14.3. The molecule has 2 atom stereocenters. The van der Waals surface area contributed by atoms with Crippen molar-refractivity contribution in [3.05, 3.63) is 58.9 Å². The van der Waals surface area contributed by atoms with E-state index in [0.717, 1.165) is 19.0 Å². The van der Waals surface area contributed by atoms with Crippen LogP contribution in [0, 0.1) is 11.7 Å². The molecule has 5 rings (SSSR count). The molecule has 1 aliphatic heterocycles. The molecule has 1 saturated carbocycles. The highest BCUT2D eigenvalue weighted by molar-refractivity contribution is 6.31. The van der Waals surface area contributed by atoms with Crippen molar-refractivity contribution in [2.45, 2.75) is 44.2 Å². The quantitative estimate of drug-likeness (QED) is 0.517. The van der Waals surface area contributed by atoms with Gasteiger partial charge in [0.1, 0.15) is 0 Å². The molecular weight excluding hydrogens is 487 g/mol. The van der Waals surface area contributed by atoms with Crippen LogP contribution >= 0.6 is 11.6 Å². The number of hydrogen-bond acceptors (Lipinski definition) is 6. The van der Waals surface area contributed by atoms with Gasteiger partial charge in [-0.05, 0) is 50.8 Å². The highest BCUT2D eigenvalue weighted by Gasteiger charge is 2.54. The van der Waals surface area contributed by atoms with E-state index in [4.69, 9.17) is 16.3 Å². The molecule has 9 nitrogen and oxygen atoms in total. The number of H-pyrrole nitrogens is 1. The molecule has 11 heteroatoms. The number of aromatic amines is 1. The molecule has 188 valence electrons. The summed E-state index contributed by atoms with van der Waals surface area (Å²) in [5.74, 6) is -0.804. The first-order chi connectivity index (χ1) is 17.3. The van der Waals surface area contributed by atoms with Crippen molar-refractivity contribution in [2.75, 3.05) is 13.7 Å². The number of ether oxygens (including phenoxy) is 1. The standard InChI is InChI=1S/C25H26ClFN6O3/c1-14(22-17(26)4-3-8-28-22)30-23(34)15-5-9-33(25(12-15)6-7-25)24(35)20-11-19(31-32-20)16-10-21(36-2)29-13-18(16)27/h3-4,8,10-11,13-15H,5-7,9,12H2,1-2H3,(H,30,34)(H,31,32)/t14-,15?/m0/s1. The molecule has 1 unspecified atom stereocenters. The number of carbonyl (C=O) groups excluding carboxylic acids is 2. The van der Waals surface area contributed by atoms with Gasteiger partial charge < -0.3 is 15.0 Å². The fraction of sp³-hybridized carbons (Fsp3) is 0.400. The van der Waals surface area contributed by atoms with Gasteiger partial charge in [0, 0.05) is 35.8 Å². The third-order valence-corrected chi connectivity index (χ3v) is 7.35. The number of likely N-dealkylation sites (tertiary alicyclic amines) is 1. The van der Waals surface area contributed by atoms with Gasteiger partial charge >= 0.3 is 0 Å². The average Bonchev–Trinajstić information content (AvgIpc) is 3.45. The third-order valence-electron chi connectivity index (χ3n) is 7.03. The molecule has 3 aromatic heterocycles. The van der Waals surface area contributed by atoms with Crippen LogP contribution < -0.4 is 10.1 Å². The number of rotatable bonds is 6. The monoisotopic (exact) mass is 512 g/mol. The second kappa shape index (κ2) is 9.50. The second-order valence-electron chi connectivity index (χ2n) is 9.34. The number of amides is 2. The molecule has 2 fully saturated rings. The van der Waals surface area contributed by atoms with Crippen molar-refractivity contribution >= 4 is 23.4 Å². The predicted molar refractivity (Wildman–Crippen MR) is 130 cm³/mol. The van der Waals surface area contributed by atoms with E-state index in [2.05, 4.69) is 25.5 Å². The summed E-state index contributed by atoms with van der Waals surface area (Å²) >= 11 is 6.22. The summed E-state index contributed by atoms with van der Waals surface area (Å²) in [5.41, 5.74) is 1.05. The molecule has 36 heavy (non-hydrogen) atoms. The van der Waals surface area contributed by atoms with Gasteiger partial charge in [-0.3, -0.25) is 19.7 Å². The minimum Gasteiger partial charge on any atom is -0.481 e. The Labute approximate surface area is 212 Å². The fourth-order valence-corrected chi connectivity index (χ4v) is 5.20. The molecule has 2 N–H and O–H groups in total. The summed E-state index contributed by atoms with van der Waals surface area (Å²) in [5, 5.41) is 10.4. The van der Waals surface area contributed by atoms with Crippen LogP contribution in [0.5, 0.6) is 5.88 Å². The van der Waals surface area contributed by atoms with Crippen LogP contribution in [0.25, 0.3) is 11.3 Å². The number of hydrogen-bond donors (Lipinski definition) is 2. The maximum absolute atomic E-state index is 14.3. The second-order valence-corrected chi connectivity index (χ2v) is 9.75. The summed E-state index contributed by atoms with van der Waals surface area (Å²) in [6.07, 6.45) is 5.49. The number of pyridine rings is 2. The first-order valence-electron chi connectivity index (χ1n) is 11.8. The van der Waals surface area contributed by atoms with Gasteiger partial charge in [0.15, 0.2) is 11.5 Å². The summed E-state index contributed by atoms with van der Waals surface area (Å²) in [6.45, 7) is 2.29. The predicted octanol–water partition coefficient (Wildman–Crippen LogP) is 3.93. The Balaban J connectivity index is 1.27. The highest BCUT2D eigenvalue weighted by Crippen LogP contribution is 2.50. The minimum atomic E-state index is -0.551. The Kier molecular flexibility index (Phi) is 6.38. The number of halogens is 2. The van der Waals surface area contributed by atoms with Crippen molar-refractivity contribution in [1.82, 2.24) is 30.4 Å². The Bertz CT molecular complexity index is 1310. The number of nitrogens with one attached hydrogen (secondary N) is 2. The summed E-state index contributed by atoms with van der Waals surface area (Å²) in [4.78, 5) is 36.4. The molecule has 0 aromatic carbocycles. The molecule has 2 aliphatic rings. The molecular formula is C25H26ClFN6O3. The normalized spacial score (nSPS) is 19.1. The van der Waals surface area contributed by atoms with Crippen LogP contribution in [0.15, 0.2) is 36.7 Å². The van der Waals surface area contributed by atoms with Gasteiger partial charge in [0.05, 0.1) is 35.8 Å². The first kappa shape index (κ1) is 24.2. The topological polar surface area (TPSA) is 113 Å². The van der Waals surface area contributed by atoms with E-state index in [1.165, 1.54) is 19.2 Å². The molecule has 1 saturated heterocycles. The Hall–Kier alpha value is -3.53. The van der Waals surface area contributed by atoms with Crippen molar-refractivity contribution in [1.29, 1.82) is 0 Å². The fourth-order valence-electron chi connectivity index (χ4n) is 4.91. The van der Waals surface area contributed by atoms with Gasteiger partial charge in [0.2, 0.25) is 11.8 Å². The van der Waals surface area contributed by atoms with Crippen LogP contribution in [-0.2, 0) is 4.79 Å². The zero-order valence-electron chi connectivity index (χ0n) is 19.9. The molecule has 0 bridgehead atoms. The largest absolute Gasteiger partial charge is 0.481 e. The highest BCUT2D eigenvalue weighted by atomic mass is 35.5. The number of aromatic nitrogens is 4. The smallest absolute Gasteiger partial charge is 0.274 e. The van der Waals surface area contributed by atoms with E-state index in [9.17, 15) is 14.0 Å². The zero-order valence-corrected chi connectivity index (χ0v) is 20.7. The SMILES string of the molecule is COc1cc(-c2cc(C(=O)N3CCC(C(=O)N[C@@H](C)c4ncccc4Cl)CC34CC4)n[nH]2)c(F)cn1. The van der Waals surface area contributed by atoms with Crippen molar-refractivity contribution in [3.63, 3.8) is 0 Å². The molecule has 4 heterocycles. The van der Waals surface area contributed by atoms with Gasteiger partial charge in [-0.15, -0.1) is 0 Å². The third kappa shape index (κ3) is 4.53. The average molecular weight is 513 g/mol. The van der Waals surface area contributed by atoms with Crippen molar-refractivity contribution < 1.29 is 18.7 Å². The van der Waals surface area contributed by atoms with Gasteiger partial charge in [-0.25, -0.2) is 9.37 Å². The van der Waals surface area contributed by atoms with Gasteiger partial charge in [-0.2, -0.15) is 5.10 Å². The lowest BCUT2D eigenvalue weighted by atomic mass is 9.87. The lowest BCUT2D eigenvalue weighted by molar-refractivity contribution is -0.128. The van der Waals surface area contributed by atoms with Crippen LogP contribution in [0.3, 0.4) is 0 Å². The Morgan fingerprint density at radius 1 is 1.33 bits per heavy atom. The summed E-state index contributed by atoms with van der Waals surface area (Å²) in [6, 6.07) is 6.15. The van der Waals surface area contributed by atoms with E-state index in [1.54, 1.807) is 18.3 Å². The maximum Gasteiger partial charge on any atom is 0.274 e. The first-order valence-corrected chi connectivity index (χ1v) is 12.2. The van der Waals surface area contributed by atoms with Crippen molar-refractivity contribution in [3.8, 4) is 17.1 Å². The molecule has 1 spiro atoms. The van der Waals surface area contributed by atoms with E-state index in [-0.39, 0.29) is 46.5 Å². The lowest BCUT2D eigenvalue weighted by Crippen LogP contribution is -2.51. The Morgan fingerprint density at radius 2 is 2.14 bits per heavy atom. The molecule has 3 aromatic rings. The van der Waals surface area contributed by atoms with Crippen LogP contribution in [-0.4, -0.2) is 56.1 Å². The van der Waals surface area contributed by atoms with Gasteiger partial charge in [0.25, 0.3) is 5.91 Å². The van der Waals surface area contributed by atoms with Crippen LogP contribution in [0.1, 0.15) is 54.8 Å². The lowest BCUT2D eigenvalue weighted by Gasteiger charge is -2.39. The number of carbonyl (C=O) groups is 2. The summed E-state index contributed by atoms with van der Waals surface area (Å²) in [7, 11) is 1.44. The van der Waals surface area contributed by atoms with E-state index in [0.29, 0.717) is 35.8 Å². The number of nitrogens with zero attached hydrogens (tertiary/aromatic N) is 4.